The summed E-state index contributed by atoms with van der Waals surface area (Å²) in [6, 6.07) is 2.20. The molecule has 0 spiro atoms. The molecule has 2 fully saturated rings. The van der Waals surface area contributed by atoms with Crippen LogP contribution in [0.4, 0.5) is 5.82 Å². The number of hydrogen-bond acceptors (Lipinski definition) is 3. The second kappa shape index (κ2) is 6.86. The highest BCUT2D eigenvalue weighted by molar-refractivity contribution is 6.33. The number of anilines is 1. The van der Waals surface area contributed by atoms with E-state index < -0.39 is 0 Å². The van der Waals surface area contributed by atoms with Crippen molar-refractivity contribution in [3.63, 3.8) is 0 Å². The zero-order valence-corrected chi connectivity index (χ0v) is 13.9. The quantitative estimate of drug-likeness (QED) is 0.916. The lowest BCUT2D eigenvalue weighted by molar-refractivity contribution is 0.0724. The van der Waals surface area contributed by atoms with E-state index in [1.165, 1.54) is 12.8 Å². The summed E-state index contributed by atoms with van der Waals surface area (Å²) in [5.41, 5.74) is 0.595. The minimum Gasteiger partial charge on any atom is -0.366 e. The minimum atomic E-state index is 0.0511. The van der Waals surface area contributed by atoms with Crippen molar-refractivity contribution in [2.24, 2.45) is 5.92 Å². The average molecular weight is 322 g/mol. The fourth-order valence-electron chi connectivity index (χ4n) is 3.47. The molecule has 1 aliphatic heterocycles. The second-order valence-corrected chi connectivity index (χ2v) is 7.07. The molecular weight excluding hydrogens is 298 g/mol. The van der Waals surface area contributed by atoms with E-state index in [-0.39, 0.29) is 5.91 Å². The van der Waals surface area contributed by atoms with Gasteiger partial charge in [-0.15, -0.1) is 0 Å². The lowest BCUT2D eigenvalue weighted by Gasteiger charge is -2.26. The number of piperidine rings is 1. The van der Waals surface area contributed by atoms with E-state index in [2.05, 4.69) is 17.2 Å². The number of carbonyl (C=O) groups is 1. The number of hydrogen-bond donors (Lipinski definition) is 1. The first-order valence-electron chi connectivity index (χ1n) is 8.35. The first kappa shape index (κ1) is 15.6. The Labute approximate surface area is 137 Å². The lowest BCUT2D eigenvalue weighted by atomic mass is 10.1. The summed E-state index contributed by atoms with van der Waals surface area (Å²) in [7, 11) is 0. The SMILES string of the molecule is CC1CCC(Nc2ncc(C(=O)N3CCCCC3)cc2Cl)C1. The summed E-state index contributed by atoms with van der Waals surface area (Å²) in [5.74, 6) is 1.52. The number of nitrogens with zero attached hydrogens (tertiary/aromatic N) is 2. The van der Waals surface area contributed by atoms with Crippen molar-refractivity contribution in [3.8, 4) is 0 Å². The Kier molecular flexibility index (Phi) is 4.87. The summed E-state index contributed by atoms with van der Waals surface area (Å²) in [4.78, 5) is 18.8. The van der Waals surface area contributed by atoms with Gasteiger partial charge in [-0.05, 0) is 50.5 Å². The molecule has 0 aromatic carbocycles. The molecule has 0 radical (unpaired) electrons. The van der Waals surface area contributed by atoms with Gasteiger partial charge in [0.05, 0.1) is 10.6 Å². The Bertz CT molecular complexity index is 543. The number of pyridine rings is 1. The van der Waals surface area contributed by atoms with Crippen LogP contribution in [0.25, 0.3) is 0 Å². The monoisotopic (exact) mass is 321 g/mol. The summed E-state index contributed by atoms with van der Waals surface area (Å²) in [6.07, 6.45) is 8.62. The molecule has 1 amide bonds. The number of rotatable bonds is 3. The van der Waals surface area contributed by atoms with E-state index in [9.17, 15) is 4.79 Å². The molecular formula is C17H24ClN3O. The summed E-state index contributed by atoms with van der Waals surface area (Å²) < 4.78 is 0. The number of halogens is 1. The summed E-state index contributed by atoms with van der Waals surface area (Å²) in [6.45, 7) is 3.96. The third-order valence-electron chi connectivity index (χ3n) is 4.77. The Balaban J connectivity index is 1.67. The van der Waals surface area contributed by atoms with Gasteiger partial charge in [-0.3, -0.25) is 4.79 Å². The largest absolute Gasteiger partial charge is 0.366 e. The van der Waals surface area contributed by atoms with Gasteiger partial charge >= 0.3 is 0 Å². The maximum Gasteiger partial charge on any atom is 0.255 e. The van der Waals surface area contributed by atoms with Gasteiger partial charge < -0.3 is 10.2 Å². The van der Waals surface area contributed by atoms with Crippen LogP contribution in [0.5, 0.6) is 0 Å². The summed E-state index contributed by atoms with van der Waals surface area (Å²) in [5, 5.41) is 3.96. The standard InChI is InChI=1S/C17H24ClN3O/c1-12-5-6-14(9-12)20-16-15(18)10-13(11-19-16)17(22)21-7-3-2-4-8-21/h10-12,14H,2-9H2,1H3,(H,19,20). The first-order chi connectivity index (χ1) is 10.6. The van der Waals surface area contributed by atoms with E-state index in [1.807, 2.05) is 4.90 Å². The van der Waals surface area contributed by atoms with Crippen LogP contribution in [0.3, 0.4) is 0 Å². The maximum atomic E-state index is 12.5. The van der Waals surface area contributed by atoms with E-state index in [1.54, 1.807) is 12.3 Å². The van der Waals surface area contributed by atoms with Crippen LogP contribution in [-0.4, -0.2) is 34.9 Å². The Morgan fingerprint density at radius 1 is 1.32 bits per heavy atom. The molecule has 1 saturated heterocycles. The van der Waals surface area contributed by atoms with Gasteiger partial charge in [0.25, 0.3) is 5.91 Å². The Hall–Kier alpha value is -1.29. The van der Waals surface area contributed by atoms with Crippen LogP contribution in [0, 0.1) is 5.92 Å². The Morgan fingerprint density at radius 3 is 2.73 bits per heavy atom. The molecule has 1 aromatic rings. The number of likely N-dealkylation sites (tertiary alicyclic amines) is 1. The molecule has 2 aliphatic rings. The lowest BCUT2D eigenvalue weighted by Crippen LogP contribution is -2.35. The van der Waals surface area contributed by atoms with Gasteiger partial charge in [0.1, 0.15) is 5.82 Å². The fourth-order valence-corrected chi connectivity index (χ4v) is 3.69. The van der Waals surface area contributed by atoms with E-state index in [0.717, 1.165) is 44.7 Å². The topological polar surface area (TPSA) is 45.2 Å². The predicted octanol–water partition coefficient (Wildman–Crippen LogP) is 3.96. The molecule has 4 nitrogen and oxygen atoms in total. The smallest absolute Gasteiger partial charge is 0.255 e. The van der Waals surface area contributed by atoms with E-state index >= 15 is 0 Å². The highest BCUT2D eigenvalue weighted by Crippen LogP contribution is 2.29. The number of nitrogens with one attached hydrogen (secondary N) is 1. The highest BCUT2D eigenvalue weighted by atomic mass is 35.5. The second-order valence-electron chi connectivity index (χ2n) is 6.67. The van der Waals surface area contributed by atoms with Crippen molar-refractivity contribution >= 4 is 23.3 Å². The van der Waals surface area contributed by atoms with Crippen molar-refractivity contribution in [2.45, 2.75) is 51.5 Å². The third-order valence-corrected chi connectivity index (χ3v) is 5.06. The van der Waals surface area contributed by atoms with Crippen molar-refractivity contribution in [3.05, 3.63) is 22.8 Å². The third kappa shape index (κ3) is 3.54. The molecule has 3 rings (SSSR count). The van der Waals surface area contributed by atoms with Crippen LogP contribution < -0.4 is 5.32 Å². The highest BCUT2D eigenvalue weighted by Gasteiger charge is 2.23. The molecule has 2 heterocycles. The number of carbonyl (C=O) groups excluding carboxylic acids is 1. The van der Waals surface area contributed by atoms with Gasteiger partial charge in [0, 0.05) is 25.3 Å². The van der Waals surface area contributed by atoms with E-state index in [0.29, 0.717) is 22.4 Å². The molecule has 2 unspecified atom stereocenters. The van der Waals surface area contributed by atoms with Gasteiger partial charge in [0.2, 0.25) is 0 Å². The van der Waals surface area contributed by atoms with Crippen LogP contribution in [0.2, 0.25) is 5.02 Å². The normalized spacial score (nSPS) is 25.3. The van der Waals surface area contributed by atoms with Crippen molar-refractivity contribution < 1.29 is 4.79 Å². The molecule has 1 saturated carbocycles. The molecule has 120 valence electrons. The van der Waals surface area contributed by atoms with Gasteiger partial charge in [-0.25, -0.2) is 4.98 Å². The molecule has 1 aliphatic carbocycles. The molecule has 1 N–H and O–H groups in total. The van der Waals surface area contributed by atoms with Crippen molar-refractivity contribution in [1.82, 2.24) is 9.88 Å². The van der Waals surface area contributed by atoms with Gasteiger partial charge in [-0.2, -0.15) is 0 Å². The maximum absolute atomic E-state index is 12.5. The zero-order valence-electron chi connectivity index (χ0n) is 13.1. The predicted molar refractivity (Wildman–Crippen MR) is 89.4 cm³/mol. The molecule has 5 heteroatoms. The van der Waals surface area contributed by atoms with Crippen LogP contribution in [0.1, 0.15) is 55.8 Å². The molecule has 2 atom stereocenters. The average Bonchev–Trinajstić information content (AvgIpc) is 2.94. The van der Waals surface area contributed by atoms with Crippen molar-refractivity contribution in [2.75, 3.05) is 18.4 Å². The first-order valence-corrected chi connectivity index (χ1v) is 8.72. The molecule has 0 bridgehead atoms. The molecule has 22 heavy (non-hydrogen) atoms. The zero-order chi connectivity index (χ0) is 15.5. The number of amides is 1. The minimum absolute atomic E-state index is 0.0511. The fraction of sp³-hybridized carbons (Fsp3) is 0.647. The van der Waals surface area contributed by atoms with Crippen LogP contribution in [0.15, 0.2) is 12.3 Å². The summed E-state index contributed by atoms with van der Waals surface area (Å²) >= 11 is 6.33. The van der Waals surface area contributed by atoms with Crippen LogP contribution >= 0.6 is 11.6 Å². The van der Waals surface area contributed by atoms with Crippen molar-refractivity contribution in [1.29, 1.82) is 0 Å². The number of aromatic nitrogens is 1. The molecule has 1 aromatic heterocycles. The van der Waals surface area contributed by atoms with E-state index in [4.69, 9.17) is 11.6 Å². The van der Waals surface area contributed by atoms with Crippen LogP contribution in [-0.2, 0) is 0 Å². The Morgan fingerprint density at radius 2 is 2.09 bits per heavy atom. The van der Waals surface area contributed by atoms with Gasteiger partial charge in [0.15, 0.2) is 0 Å². The van der Waals surface area contributed by atoms with Gasteiger partial charge in [-0.1, -0.05) is 18.5 Å².